The fourth-order valence-electron chi connectivity index (χ4n) is 4.08. The summed E-state index contributed by atoms with van der Waals surface area (Å²) >= 11 is 6.13. The van der Waals surface area contributed by atoms with E-state index < -0.39 is 0 Å². The summed E-state index contributed by atoms with van der Waals surface area (Å²) in [7, 11) is 0. The summed E-state index contributed by atoms with van der Waals surface area (Å²) in [5.74, 6) is 0.537. The predicted octanol–water partition coefficient (Wildman–Crippen LogP) is 5.13. The van der Waals surface area contributed by atoms with Gasteiger partial charge in [0, 0.05) is 5.02 Å². The van der Waals surface area contributed by atoms with Crippen molar-refractivity contribution >= 4 is 51.0 Å². The topological polar surface area (TPSA) is 78.0 Å². The van der Waals surface area contributed by atoms with E-state index in [2.05, 4.69) is 5.10 Å². The Morgan fingerprint density at radius 2 is 1.59 bits per heavy atom. The number of halogens is 1. The average molecular weight is 465 g/mol. The number of hydrogen-bond acceptors (Lipinski definition) is 5. The van der Waals surface area contributed by atoms with Gasteiger partial charge in [-0.05, 0) is 48.9 Å². The number of rotatable bonds is 3. The van der Waals surface area contributed by atoms with Gasteiger partial charge in [0.15, 0.2) is 11.3 Å². The highest BCUT2D eigenvalue weighted by molar-refractivity contribution is 6.30. The van der Waals surface area contributed by atoms with Crippen LogP contribution < -0.4 is 5.56 Å². The van der Waals surface area contributed by atoms with Crippen LogP contribution >= 0.6 is 11.6 Å². The van der Waals surface area contributed by atoms with Gasteiger partial charge in [0.25, 0.3) is 5.56 Å². The third-order valence-electron chi connectivity index (χ3n) is 5.61. The number of aryl methyl sites for hydroxylation is 1. The van der Waals surface area contributed by atoms with E-state index in [1.54, 1.807) is 34.5 Å². The molecule has 0 radical (unpaired) electrons. The van der Waals surface area contributed by atoms with Crippen LogP contribution in [0.1, 0.15) is 11.4 Å². The van der Waals surface area contributed by atoms with E-state index in [1.165, 1.54) is 0 Å². The molecular formula is C26H17ClN6O. The highest BCUT2D eigenvalue weighted by Crippen LogP contribution is 2.26. The van der Waals surface area contributed by atoms with Gasteiger partial charge in [-0.15, -0.1) is 0 Å². The van der Waals surface area contributed by atoms with Crippen LogP contribution in [0.3, 0.4) is 0 Å². The molecule has 6 rings (SSSR count). The largest absolute Gasteiger partial charge is 0.269 e. The molecule has 0 aliphatic heterocycles. The van der Waals surface area contributed by atoms with Crippen molar-refractivity contribution < 1.29 is 0 Å². The maximum atomic E-state index is 13.8. The molecule has 3 aromatic carbocycles. The molecule has 6 aromatic rings. The van der Waals surface area contributed by atoms with E-state index >= 15 is 0 Å². The number of nitrogens with zero attached hydrogens (tertiary/aromatic N) is 6. The van der Waals surface area contributed by atoms with Gasteiger partial charge >= 0.3 is 0 Å². The second-order valence-electron chi connectivity index (χ2n) is 7.83. The lowest BCUT2D eigenvalue weighted by Crippen LogP contribution is -2.22. The van der Waals surface area contributed by atoms with Crippen molar-refractivity contribution in [3.05, 3.63) is 106 Å². The third-order valence-corrected chi connectivity index (χ3v) is 5.84. The van der Waals surface area contributed by atoms with Crippen molar-refractivity contribution in [1.29, 1.82) is 0 Å². The number of benzene rings is 3. The first-order valence-electron chi connectivity index (χ1n) is 10.7. The smallest absolute Gasteiger partial charge is 0.268 e. The first-order chi connectivity index (χ1) is 16.6. The van der Waals surface area contributed by atoms with Gasteiger partial charge in [0.05, 0.1) is 22.9 Å². The molecule has 164 valence electrons. The first kappa shape index (κ1) is 20.3. The summed E-state index contributed by atoms with van der Waals surface area (Å²) < 4.78 is 3.17. The van der Waals surface area contributed by atoms with Crippen molar-refractivity contribution in [3.8, 4) is 5.69 Å². The molecule has 8 heteroatoms. The van der Waals surface area contributed by atoms with Gasteiger partial charge in [0.2, 0.25) is 0 Å². The molecule has 3 aromatic heterocycles. The SMILES string of the molecule is Cc1nc2c(c(=O)n1-c1ccccc1)c1nc3ccccc3nc1n2/N=C/c1cccc(Cl)c1. The van der Waals surface area contributed by atoms with E-state index in [0.29, 0.717) is 44.1 Å². The summed E-state index contributed by atoms with van der Waals surface area (Å²) in [6.45, 7) is 1.80. The summed E-state index contributed by atoms with van der Waals surface area (Å²) in [5.41, 5.74) is 4.04. The lowest BCUT2D eigenvalue weighted by atomic mass is 10.2. The first-order valence-corrected chi connectivity index (χ1v) is 11.0. The van der Waals surface area contributed by atoms with E-state index in [9.17, 15) is 4.79 Å². The van der Waals surface area contributed by atoms with Crippen molar-refractivity contribution in [2.24, 2.45) is 5.10 Å². The molecule has 34 heavy (non-hydrogen) atoms. The Labute approximate surface area is 198 Å². The monoisotopic (exact) mass is 464 g/mol. The Morgan fingerprint density at radius 3 is 2.35 bits per heavy atom. The lowest BCUT2D eigenvalue weighted by molar-refractivity contribution is 0.865. The van der Waals surface area contributed by atoms with Crippen LogP contribution in [0, 0.1) is 6.92 Å². The zero-order valence-corrected chi connectivity index (χ0v) is 18.8. The van der Waals surface area contributed by atoms with Gasteiger partial charge in [-0.2, -0.15) is 9.78 Å². The molecular weight excluding hydrogens is 448 g/mol. The zero-order chi connectivity index (χ0) is 23.2. The Hall–Kier alpha value is -4.36. The van der Waals surface area contributed by atoms with Crippen molar-refractivity contribution in [3.63, 3.8) is 0 Å². The van der Waals surface area contributed by atoms with Crippen molar-refractivity contribution in [1.82, 2.24) is 24.2 Å². The van der Waals surface area contributed by atoms with Crippen LogP contribution in [0.4, 0.5) is 0 Å². The lowest BCUT2D eigenvalue weighted by Gasteiger charge is -2.09. The highest BCUT2D eigenvalue weighted by Gasteiger charge is 2.21. The number of hydrogen-bond donors (Lipinski definition) is 0. The van der Waals surface area contributed by atoms with Crippen molar-refractivity contribution in [2.45, 2.75) is 6.92 Å². The Balaban J connectivity index is 1.71. The normalized spacial score (nSPS) is 11.8. The molecule has 0 atom stereocenters. The third kappa shape index (κ3) is 3.25. The molecule has 0 N–H and O–H groups in total. The molecule has 0 aliphatic rings. The summed E-state index contributed by atoms with van der Waals surface area (Å²) in [4.78, 5) is 28.2. The molecule has 0 unspecified atom stereocenters. The quantitative estimate of drug-likeness (QED) is 0.340. The predicted molar refractivity (Wildman–Crippen MR) is 135 cm³/mol. The Morgan fingerprint density at radius 1 is 0.853 bits per heavy atom. The number of para-hydroxylation sites is 3. The van der Waals surface area contributed by atoms with Crippen LogP contribution in [-0.2, 0) is 0 Å². The van der Waals surface area contributed by atoms with Crippen molar-refractivity contribution in [2.75, 3.05) is 0 Å². The molecule has 0 saturated carbocycles. The van der Waals surface area contributed by atoms with Crippen LogP contribution in [0.25, 0.3) is 38.9 Å². The molecule has 7 nitrogen and oxygen atoms in total. The molecule has 0 bridgehead atoms. The van der Waals surface area contributed by atoms with Crippen LogP contribution in [-0.4, -0.2) is 30.4 Å². The van der Waals surface area contributed by atoms with Gasteiger partial charge in [-0.3, -0.25) is 9.36 Å². The summed E-state index contributed by atoms with van der Waals surface area (Å²) in [6, 6.07) is 24.3. The van der Waals surface area contributed by atoms with E-state index in [-0.39, 0.29) is 5.56 Å². The summed E-state index contributed by atoms with van der Waals surface area (Å²) in [5, 5.41) is 5.62. The molecule has 0 amide bonds. The van der Waals surface area contributed by atoms with Gasteiger partial charge in [-0.1, -0.05) is 54.1 Å². The van der Waals surface area contributed by atoms with Gasteiger partial charge in [-0.25, -0.2) is 15.0 Å². The van der Waals surface area contributed by atoms with E-state index in [0.717, 1.165) is 11.3 Å². The molecule has 0 saturated heterocycles. The van der Waals surface area contributed by atoms with E-state index in [4.69, 9.17) is 26.6 Å². The molecule has 0 spiro atoms. The standard InChI is InChI=1S/C26H17ClN6O/c1-16-29-24-22(26(34)32(16)19-10-3-2-4-11-19)23-25(31-21-13-6-5-12-20(21)30-23)33(24)28-15-17-8-7-9-18(27)14-17/h2-15H,1H3/b28-15+. The highest BCUT2D eigenvalue weighted by atomic mass is 35.5. The minimum absolute atomic E-state index is 0.222. The Bertz CT molecular complexity index is 1800. The maximum absolute atomic E-state index is 13.8. The number of aromatic nitrogens is 5. The molecule has 3 heterocycles. The number of fused-ring (bicyclic) bond motifs is 4. The molecule has 0 aliphatic carbocycles. The van der Waals surface area contributed by atoms with Crippen LogP contribution in [0.5, 0.6) is 0 Å². The van der Waals surface area contributed by atoms with Gasteiger partial charge < -0.3 is 0 Å². The van der Waals surface area contributed by atoms with E-state index in [1.807, 2.05) is 66.7 Å². The minimum Gasteiger partial charge on any atom is -0.268 e. The van der Waals surface area contributed by atoms with Crippen LogP contribution in [0.15, 0.2) is 88.8 Å². The minimum atomic E-state index is -0.222. The Kier molecular flexibility index (Phi) is 4.71. The second-order valence-corrected chi connectivity index (χ2v) is 8.27. The average Bonchev–Trinajstić information content (AvgIpc) is 3.14. The fraction of sp³-hybridized carbons (Fsp3) is 0.0385. The summed E-state index contributed by atoms with van der Waals surface area (Å²) in [6.07, 6.45) is 1.67. The van der Waals surface area contributed by atoms with Gasteiger partial charge in [0.1, 0.15) is 16.7 Å². The van der Waals surface area contributed by atoms with Crippen LogP contribution in [0.2, 0.25) is 5.02 Å². The fourth-order valence-corrected chi connectivity index (χ4v) is 4.28. The zero-order valence-electron chi connectivity index (χ0n) is 18.1. The second kappa shape index (κ2) is 7.90. The molecule has 0 fully saturated rings. The maximum Gasteiger partial charge on any atom is 0.269 e.